The molecule has 334 valence electrons. The molecular weight excluding hydrogens is 789 g/mol. The lowest BCUT2D eigenvalue weighted by Gasteiger charge is -2.42. The first-order valence-corrected chi connectivity index (χ1v) is 22.4. The van der Waals surface area contributed by atoms with Crippen LogP contribution in [0.25, 0.3) is 23.3 Å². The van der Waals surface area contributed by atoms with E-state index in [1.807, 2.05) is 24.3 Å². The minimum atomic E-state index is -1.52. The van der Waals surface area contributed by atoms with E-state index < -0.39 is 42.6 Å². The van der Waals surface area contributed by atoms with Gasteiger partial charge in [-0.3, -0.25) is 0 Å². The van der Waals surface area contributed by atoms with Crippen LogP contribution in [0.1, 0.15) is 160 Å². The average molecular weight is 855 g/mol. The van der Waals surface area contributed by atoms with Gasteiger partial charge in [-0.2, -0.15) is 0 Å². The number of ether oxygens (including phenoxy) is 4. The van der Waals surface area contributed by atoms with Crippen molar-refractivity contribution in [1.82, 2.24) is 0 Å². The Bertz CT molecular complexity index is 2400. The van der Waals surface area contributed by atoms with Crippen LogP contribution >= 0.6 is 0 Å². The maximum atomic E-state index is 13.4. The van der Waals surface area contributed by atoms with Crippen molar-refractivity contribution in [3.8, 4) is 0 Å². The molecule has 0 radical (unpaired) electrons. The third kappa shape index (κ3) is 9.66. The Kier molecular flexibility index (Phi) is 12.9. The molecule has 4 aromatic carbocycles. The summed E-state index contributed by atoms with van der Waals surface area (Å²) in [6, 6.07) is 27.7. The lowest BCUT2D eigenvalue weighted by Crippen LogP contribution is -2.60. The van der Waals surface area contributed by atoms with Crippen molar-refractivity contribution in [2.45, 2.75) is 147 Å². The Morgan fingerprint density at radius 3 is 1.41 bits per heavy atom. The number of hydrogen-bond acceptors (Lipinski definition) is 8. The van der Waals surface area contributed by atoms with Crippen LogP contribution in [-0.4, -0.2) is 66.6 Å². The van der Waals surface area contributed by atoms with Crippen molar-refractivity contribution in [3.63, 3.8) is 0 Å². The van der Waals surface area contributed by atoms with Crippen molar-refractivity contribution < 1.29 is 38.7 Å². The molecule has 1 heterocycles. The van der Waals surface area contributed by atoms with E-state index in [2.05, 4.69) is 118 Å². The van der Waals surface area contributed by atoms with E-state index in [0.717, 1.165) is 47.1 Å². The van der Waals surface area contributed by atoms with Crippen LogP contribution in [0, 0.1) is 0 Å². The van der Waals surface area contributed by atoms with Crippen molar-refractivity contribution in [1.29, 1.82) is 0 Å². The molecule has 0 aromatic heterocycles. The molecule has 0 amide bonds. The van der Waals surface area contributed by atoms with Crippen LogP contribution in [0.2, 0.25) is 0 Å². The monoisotopic (exact) mass is 854 g/mol. The summed E-state index contributed by atoms with van der Waals surface area (Å²) in [6.45, 7) is 22.4. The van der Waals surface area contributed by atoms with Crippen molar-refractivity contribution in [3.05, 3.63) is 141 Å². The Morgan fingerprint density at radius 1 is 0.587 bits per heavy atom. The smallest absolute Gasteiger partial charge is 0.338 e. The van der Waals surface area contributed by atoms with E-state index in [1.165, 1.54) is 41.3 Å². The number of aliphatic hydroxyl groups is 2. The maximum Gasteiger partial charge on any atom is 0.338 e. The van der Waals surface area contributed by atoms with E-state index >= 15 is 0 Å². The minimum absolute atomic E-state index is 0.104. The first-order valence-electron chi connectivity index (χ1n) is 22.4. The van der Waals surface area contributed by atoms with E-state index in [4.69, 9.17) is 18.9 Å². The van der Waals surface area contributed by atoms with Gasteiger partial charge >= 0.3 is 11.9 Å². The summed E-state index contributed by atoms with van der Waals surface area (Å²) in [5.74, 6) is -1.35. The Morgan fingerprint density at radius 2 is 0.984 bits per heavy atom. The summed E-state index contributed by atoms with van der Waals surface area (Å²) >= 11 is 0. The fourth-order valence-electron chi connectivity index (χ4n) is 9.57. The van der Waals surface area contributed by atoms with Crippen molar-refractivity contribution in [2.75, 3.05) is 13.7 Å². The Labute approximate surface area is 374 Å². The number of aliphatic hydroxyl groups excluding tert-OH is 2. The van der Waals surface area contributed by atoms with E-state index in [-0.39, 0.29) is 33.8 Å². The molecule has 7 rings (SSSR count). The highest BCUT2D eigenvalue weighted by Crippen LogP contribution is 2.48. The molecule has 63 heavy (non-hydrogen) atoms. The molecule has 8 nitrogen and oxygen atoms in total. The number of rotatable bonds is 10. The zero-order valence-corrected chi connectivity index (χ0v) is 39.0. The lowest BCUT2D eigenvalue weighted by atomic mass is 9.63. The van der Waals surface area contributed by atoms with Gasteiger partial charge in [-0.25, -0.2) is 9.59 Å². The summed E-state index contributed by atoms with van der Waals surface area (Å²) in [5.41, 5.74) is 13.1. The number of carbonyl (C=O) groups excluding carboxylic acids is 2. The average Bonchev–Trinajstić information content (AvgIpc) is 3.25. The molecule has 5 atom stereocenters. The molecule has 3 aliphatic rings. The topological polar surface area (TPSA) is 112 Å². The molecule has 0 saturated carbocycles. The zero-order chi connectivity index (χ0) is 45.6. The third-order valence-electron chi connectivity index (χ3n) is 14.2. The van der Waals surface area contributed by atoms with Gasteiger partial charge in [0.1, 0.15) is 24.9 Å². The highest BCUT2D eigenvalue weighted by molar-refractivity contribution is 5.91. The summed E-state index contributed by atoms with van der Waals surface area (Å²) in [6.07, 6.45) is 1.99. The fourth-order valence-corrected chi connectivity index (χ4v) is 9.57. The summed E-state index contributed by atoms with van der Waals surface area (Å²) in [7, 11) is 1.33. The summed E-state index contributed by atoms with van der Waals surface area (Å²) in [4.78, 5) is 26.6. The van der Waals surface area contributed by atoms with Gasteiger partial charge in [-0.05, 0) is 141 Å². The van der Waals surface area contributed by atoms with Gasteiger partial charge in [-0.1, -0.05) is 128 Å². The van der Waals surface area contributed by atoms with Crippen LogP contribution in [0.15, 0.2) is 84.9 Å². The van der Waals surface area contributed by atoms with E-state index in [9.17, 15) is 19.8 Å². The third-order valence-corrected chi connectivity index (χ3v) is 14.2. The van der Waals surface area contributed by atoms with Gasteiger partial charge in [0.2, 0.25) is 0 Å². The minimum Gasteiger partial charge on any atom is -0.459 e. The van der Waals surface area contributed by atoms with Gasteiger partial charge in [0.25, 0.3) is 0 Å². The molecular formula is C55H66O8. The molecule has 1 fully saturated rings. The zero-order valence-electron chi connectivity index (χ0n) is 39.0. The first-order chi connectivity index (χ1) is 29.6. The number of benzene rings is 4. The predicted octanol–water partition coefficient (Wildman–Crippen LogP) is 11.0. The molecule has 4 aromatic rings. The first kappa shape index (κ1) is 46.1. The van der Waals surface area contributed by atoms with Crippen LogP contribution < -0.4 is 0 Å². The number of hydrogen-bond donors (Lipinski definition) is 2. The second-order valence-corrected chi connectivity index (χ2v) is 20.7. The molecule has 2 N–H and O–H groups in total. The Balaban J connectivity index is 0.969. The molecule has 0 spiro atoms. The quantitative estimate of drug-likeness (QED) is 0.120. The van der Waals surface area contributed by atoms with Crippen LogP contribution in [0.3, 0.4) is 0 Å². The highest BCUT2D eigenvalue weighted by atomic mass is 16.7. The fraction of sp³-hybridized carbons (Fsp3) is 0.455. The molecule has 0 unspecified atom stereocenters. The second kappa shape index (κ2) is 17.6. The molecule has 1 saturated heterocycles. The standard InChI is InChI=1S/C55H66O8/c1-33(39-20-22-41-43(30-39)54(7,8)26-24-52(41,3)4)28-35-12-16-37(17-13-35)49(58)61-32-45-46(56)48(47(57)51(60-11)62-45)63-50(59)38-18-14-36(15-19-38)29-34(2)40-21-23-42-44(31-40)55(9,10)27-25-53(42,5)6/h12-23,28-31,45-48,51,56-57H,24-27,32H2,1-11H3/b33-28+,34-29+/t45-,46-,47-,48+,51+/m1/s1. The van der Waals surface area contributed by atoms with Gasteiger partial charge in [0, 0.05) is 7.11 Å². The van der Waals surface area contributed by atoms with Crippen LogP contribution in [0.4, 0.5) is 0 Å². The Hall–Kier alpha value is -4.86. The van der Waals surface area contributed by atoms with E-state index in [1.54, 1.807) is 24.3 Å². The van der Waals surface area contributed by atoms with Crippen LogP contribution in [-0.2, 0) is 40.6 Å². The van der Waals surface area contributed by atoms with E-state index in [0.29, 0.717) is 5.56 Å². The van der Waals surface area contributed by atoms with Gasteiger partial charge in [0.05, 0.1) is 11.1 Å². The normalized spacial score (nSPS) is 24.7. The molecule has 1 aliphatic heterocycles. The predicted molar refractivity (Wildman–Crippen MR) is 251 cm³/mol. The molecule has 8 heteroatoms. The lowest BCUT2D eigenvalue weighted by molar-refractivity contribution is -0.293. The molecule has 2 aliphatic carbocycles. The van der Waals surface area contributed by atoms with Gasteiger partial charge in [-0.15, -0.1) is 0 Å². The maximum absolute atomic E-state index is 13.4. The van der Waals surface area contributed by atoms with Crippen molar-refractivity contribution >= 4 is 35.2 Å². The highest BCUT2D eigenvalue weighted by Gasteiger charge is 2.48. The number of methoxy groups -OCH3 is 1. The SMILES string of the molecule is CO[C@H]1O[C@H](COC(=O)c2ccc(/C=C(\C)c3ccc4c(c3)C(C)(C)CCC4(C)C)cc2)[C@@H](O)[C@H](OC(=O)c2ccc(/C=C(\C)c3ccc4c(c3)C(C)(C)CCC4(C)C)cc2)[C@H]1O. The summed E-state index contributed by atoms with van der Waals surface area (Å²) < 4.78 is 22.4. The largest absolute Gasteiger partial charge is 0.459 e. The summed E-state index contributed by atoms with van der Waals surface area (Å²) in [5, 5.41) is 22.3. The number of allylic oxidation sites excluding steroid dienone is 2. The number of carbonyl (C=O) groups is 2. The van der Waals surface area contributed by atoms with Gasteiger partial charge in [0.15, 0.2) is 12.4 Å². The van der Waals surface area contributed by atoms with Gasteiger partial charge < -0.3 is 29.2 Å². The number of fused-ring (bicyclic) bond motifs is 2. The second-order valence-electron chi connectivity index (χ2n) is 20.7. The molecule has 0 bridgehead atoms. The van der Waals surface area contributed by atoms with Crippen molar-refractivity contribution in [2.24, 2.45) is 0 Å². The number of esters is 2. The van der Waals surface area contributed by atoms with Crippen LogP contribution in [0.5, 0.6) is 0 Å².